The van der Waals surface area contributed by atoms with Gasteiger partial charge in [-0.25, -0.2) is 0 Å². The van der Waals surface area contributed by atoms with E-state index in [-0.39, 0.29) is 18.9 Å². The molecule has 3 heterocycles. The van der Waals surface area contributed by atoms with Crippen LogP contribution in [0, 0.1) is 0 Å². The van der Waals surface area contributed by atoms with E-state index in [1.165, 1.54) is 122 Å². The molecule has 3 aliphatic rings. The van der Waals surface area contributed by atoms with E-state index >= 15 is 0 Å². The Hall–Kier alpha value is -3.81. The number of aliphatic hydroxyl groups excluding tert-OH is 11. The minimum absolute atomic E-state index is 0.210. The van der Waals surface area contributed by atoms with Crippen LogP contribution in [-0.4, -0.2) is 193 Å². The fourth-order valence-corrected chi connectivity index (χ4v) is 12.6. The van der Waals surface area contributed by atoms with E-state index < -0.39 is 124 Å². The number of aliphatic hydroxyl groups is 11. The van der Waals surface area contributed by atoms with Gasteiger partial charge in [-0.3, -0.25) is 4.79 Å². The normalized spacial score (nSPS) is 26.9. The zero-order valence-corrected chi connectivity index (χ0v) is 62.5. The summed E-state index contributed by atoms with van der Waals surface area (Å²) < 4.78 is 34.4. The topological polar surface area (TPSA) is 307 Å². The summed E-state index contributed by atoms with van der Waals surface area (Å²) in [6.07, 6.45) is 60.3. The van der Waals surface area contributed by atoms with Crippen LogP contribution < -0.4 is 5.32 Å². The lowest BCUT2D eigenvalue weighted by molar-refractivity contribution is -0.379. The molecule has 12 N–H and O–H groups in total. The third kappa shape index (κ3) is 41.9. The van der Waals surface area contributed by atoms with Gasteiger partial charge in [-0.2, -0.15) is 0 Å². The minimum Gasteiger partial charge on any atom is -0.394 e. The molecule has 0 radical (unpaired) electrons. The van der Waals surface area contributed by atoms with Crippen molar-refractivity contribution >= 4 is 5.91 Å². The number of carbonyl (C=O) groups excluding carboxylic acids is 1. The van der Waals surface area contributed by atoms with Crippen LogP contribution in [-0.2, 0) is 33.2 Å². The SMILES string of the molecule is CC/C=C\C/C=C\C/C=C\C/C=C\C/C=C\C/C=C\C/C=C\C/C=C\CCCCCCCCC(=O)NC(COC1OC(CO)C(OC2OC(CO)C(OC3OC(CO)C(O)C(O)C3O)C(O)C2O)C(O)C1O)C(O)/C=C/CC/C=C/CCCCCCCCCCCCCCCCCCCCCC. The number of rotatable bonds is 61. The average molecular weight is 1440 g/mol. The number of nitrogens with one attached hydrogen (secondary N) is 1. The van der Waals surface area contributed by atoms with Crippen LogP contribution in [0.5, 0.6) is 0 Å². The molecule has 0 saturated carbocycles. The molecule has 17 unspecified atom stereocenters. The van der Waals surface area contributed by atoms with Gasteiger partial charge >= 0.3 is 0 Å². The highest BCUT2D eigenvalue weighted by Crippen LogP contribution is 2.33. The predicted molar refractivity (Wildman–Crippen MR) is 406 cm³/mol. The molecule has 0 aromatic heterocycles. The van der Waals surface area contributed by atoms with Crippen molar-refractivity contribution in [2.45, 2.75) is 369 Å². The summed E-state index contributed by atoms with van der Waals surface area (Å²) in [6, 6.07) is -1.01. The van der Waals surface area contributed by atoms with Crippen LogP contribution >= 0.6 is 0 Å². The van der Waals surface area contributed by atoms with Gasteiger partial charge in [0.15, 0.2) is 18.9 Å². The third-order valence-electron chi connectivity index (χ3n) is 19.0. The van der Waals surface area contributed by atoms with Gasteiger partial charge in [-0.05, 0) is 96.3 Å². The van der Waals surface area contributed by atoms with E-state index in [0.717, 1.165) is 109 Å². The number of unbranched alkanes of at least 4 members (excludes halogenated alkanes) is 27. The quantitative estimate of drug-likeness (QED) is 0.0199. The molecule has 3 saturated heterocycles. The molecular weight excluding hydrogens is 1300 g/mol. The van der Waals surface area contributed by atoms with E-state index in [2.05, 4.69) is 129 Å². The average Bonchev–Trinajstić information content (AvgIpc) is 0.781. The van der Waals surface area contributed by atoms with E-state index in [1.54, 1.807) is 6.08 Å². The Bertz CT molecular complexity index is 2320. The molecule has 3 rings (SSSR count). The molecule has 0 bridgehead atoms. The van der Waals surface area contributed by atoms with Gasteiger partial charge < -0.3 is 89.9 Å². The summed E-state index contributed by atoms with van der Waals surface area (Å²) in [4.78, 5) is 13.5. The second-order valence-electron chi connectivity index (χ2n) is 27.8. The fourth-order valence-electron chi connectivity index (χ4n) is 12.6. The van der Waals surface area contributed by atoms with Crippen molar-refractivity contribution in [1.82, 2.24) is 5.32 Å². The Morgan fingerprint density at radius 2 is 0.686 bits per heavy atom. The van der Waals surface area contributed by atoms with Gasteiger partial charge in [0.25, 0.3) is 0 Å². The largest absolute Gasteiger partial charge is 0.394 e. The van der Waals surface area contributed by atoms with Crippen LogP contribution in [0.25, 0.3) is 0 Å². The highest BCUT2D eigenvalue weighted by atomic mass is 16.8. The molecule has 0 aliphatic carbocycles. The Labute approximate surface area is 614 Å². The van der Waals surface area contributed by atoms with Crippen molar-refractivity contribution in [2.24, 2.45) is 0 Å². The molecule has 1 amide bonds. The second-order valence-corrected chi connectivity index (χ2v) is 27.8. The van der Waals surface area contributed by atoms with E-state index in [1.807, 2.05) is 6.08 Å². The van der Waals surface area contributed by atoms with Gasteiger partial charge in [-0.1, -0.05) is 283 Å². The number of hydrogen-bond acceptors (Lipinski definition) is 18. The maximum absolute atomic E-state index is 13.5. The van der Waals surface area contributed by atoms with Crippen molar-refractivity contribution in [2.75, 3.05) is 26.4 Å². The van der Waals surface area contributed by atoms with E-state index in [4.69, 9.17) is 28.4 Å². The molecule has 19 heteroatoms. The zero-order valence-electron chi connectivity index (χ0n) is 62.5. The molecule has 0 aromatic rings. The maximum Gasteiger partial charge on any atom is 0.220 e. The number of carbonyl (C=O) groups is 1. The maximum atomic E-state index is 13.5. The summed E-state index contributed by atoms with van der Waals surface area (Å²) in [5.41, 5.74) is 0. The number of allylic oxidation sites excluding steroid dienone is 19. The van der Waals surface area contributed by atoms with Gasteiger partial charge in [0.1, 0.15) is 73.2 Å². The number of ether oxygens (including phenoxy) is 6. The first-order valence-electron chi connectivity index (χ1n) is 39.8. The second kappa shape index (κ2) is 62.3. The molecule has 586 valence electrons. The van der Waals surface area contributed by atoms with Crippen LogP contribution in [0.2, 0.25) is 0 Å². The lowest BCUT2D eigenvalue weighted by atomic mass is 9.96. The van der Waals surface area contributed by atoms with Crippen molar-refractivity contribution in [3.05, 3.63) is 122 Å². The zero-order chi connectivity index (χ0) is 73.9. The molecule has 3 aliphatic heterocycles. The van der Waals surface area contributed by atoms with Crippen molar-refractivity contribution in [1.29, 1.82) is 0 Å². The third-order valence-corrected chi connectivity index (χ3v) is 19.0. The highest BCUT2D eigenvalue weighted by Gasteiger charge is 2.53. The Balaban J connectivity index is 1.41. The van der Waals surface area contributed by atoms with Crippen molar-refractivity contribution in [3.8, 4) is 0 Å². The highest BCUT2D eigenvalue weighted by molar-refractivity contribution is 5.76. The molecule has 3 fully saturated rings. The summed E-state index contributed by atoms with van der Waals surface area (Å²) >= 11 is 0. The lowest BCUT2D eigenvalue weighted by Crippen LogP contribution is -2.66. The lowest BCUT2D eigenvalue weighted by Gasteiger charge is -2.48. The summed E-state index contributed by atoms with van der Waals surface area (Å²) in [5.74, 6) is -0.303. The molecular formula is C83H141NO18. The van der Waals surface area contributed by atoms with Gasteiger partial charge in [0.2, 0.25) is 5.91 Å². The minimum atomic E-state index is -1.99. The van der Waals surface area contributed by atoms with E-state index in [0.29, 0.717) is 12.8 Å². The first-order chi connectivity index (χ1) is 49.8. The summed E-state index contributed by atoms with van der Waals surface area (Å²) in [6.45, 7) is 1.60. The first kappa shape index (κ1) is 92.4. The number of hydrogen-bond donors (Lipinski definition) is 12. The standard InChI is InChI=1S/C83H141NO18/c1-3-5-7-9-11-13-15-17-19-21-23-25-27-29-31-32-33-34-35-37-39-41-43-45-47-49-51-53-55-57-59-61-71(89)84-66(67(88)60-58-56-54-52-50-48-46-44-42-40-38-36-30-28-26-24-22-20-18-16-14-12-10-8-6-4-2)65-97-81-77(95)74(92)79(69(63-86)99-81)102-83-78(96)75(93)80(70(64-87)100-83)101-82-76(94)73(91)72(90)68(62-85)98-82/h5,7,11,13,17,19,23,25,29,31,33-34,37,39,43,45,50,52,58,60,66-70,72-83,85-88,90-96H,3-4,6,8-10,12,14-16,18,20-22,24,26-28,30,32,35-36,38,40-42,44,46-49,51,53-57,59,61-65H2,1-2H3,(H,84,89)/b7-5-,13-11-,19-17-,25-23-,31-29-,34-33-,39-37-,45-43-,52-50+,60-58+. The fraction of sp³-hybridized carbons (Fsp3) is 0.747. The smallest absolute Gasteiger partial charge is 0.220 e. The summed E-state index contributed by atoms with van der Waals surface area (Å²) in [7, 11) is 0. The predicted octanol–water partition coefficient (Wildman–Crippen LogP) is 13.1. The van der Waals surface area contributed by atoms with Crippen LogP contribution in [0.15, 0.2) is 122 Å². The van der Waals surface area contributed by atoms with Crippen molar-refractivity contribution < 1.29 is 89.4 Å². The first-order valence-corrected chi connectivity index (χ1v) is 39.8. The Kier molecular flexibility index (Phi) is 56.4. The molecule has 102 heavy (non-hydrogen) atoms. The van der Waals surface area contributed by atoms with Crippen LogP contribution in [0.1, 0.15) is 264 Å². The molecule has 19 nitrogen and oxygen atoms in total. The van der Waals surface area contributed by atoms with E-state index in [9.17, 15) is 61.0 Å². The summed E-state index contributed by atoms with van der Waals surface area (Å²) in [5, 5.41) is 121. The van der Waals surface area contributed by atoms with Crippen molar-refractivity contribution in [3.63, 3.8) is 0 Å². The molecule has 0 aromatic carbocycles. The van der Waals surface area contributed by atoms with Gasteiger partial charge in [0.05, 0.1) is 38.6 Å². The van der Waals surface area contributed by atoms with Gasteiger partial charge in [-0.15, -0.1) is 0 Å². The van der Waals surface area contributed by atoms with Crippen LogP contribution in [0.3, 0.4) is 0 Å². The molecule has 17 atom stereocenters. The Morgan fingerprint density at radius 1 is 0.363 bits per heavy atom. The van der Waals surface area contributed by atoms with Crippen LogP contribution in [0.4, 0.5) is 0 Å². The van der Waals surface area contributed by atoms with Gasteiger partial charge in [0, 0.05) is 6.42 Å². The Morgan fingerprint density at radius 3 is 1.10 bits per heavy atom. The molecule has 0 spiro atoms. The number of amides is 1. The monoisotopic (exact) mass is 1440 g/mol.